The number of alkyl halides is 8. The SMILES string of the molecule is COC(=O)C(C)(CCC(F)(F)C(F)(F)F)S(=O)(=O)CCC(F)(F)F. The van der Waals surface area contributed by atoms with Gasteiger partial charge in [-0.1, -0.05) is 0 Å². The van der Waals surface area contributed by atoms with E-state index in [0.29, 0.717) is 14.0 Å². The minimum Gasteiger partial charge on any atom is -0.468 e. The molecular weight excluding hydrogens is 380 g/mol. The second kappa shape index (κ2) is 7.00. The molecule has 0 N–H and O–H groups in total. The standard InChI is InChI=1S/C11H14F8O4S/c1-8(7(20)23-2,3-4-9(12,13)11(17,18)19)24(21,22)6-5-10(14,15)16/h3-6H2,1-2H3. The van der Waals surface area contributed by atoms with Crippen LogP contribution < -0.4 is 0 Å². The molecule has 1 unspecified atom stereocenters. The molecule has 144 valence electrons. The van der Waals surface area contributed by atoms with Crippen molar-refractivity contribution in [2.75, 3.05) is 12.9 Å². The minimum absolute atomic E-state index is 0.455. The Balaban J connectivity index is 5.56. The van der Waals surface area contributed by atoms with Gasteiger partial charge in [-0.2, -0.15) is 35.1 Å². The van der Waals surface area contributed by atoms with Crippen LogP contribution in [0.15, 0.2) is 0 Å². The van der Waals surface area contributed by atoms with E-state index >= 15 is 0 Å². The summed E-state index contributed by atoms with van der Waals surface area (Å²) in [5.41, 5.74) is 0. The maximum atomic E-state index is 12.9. The topological polar surface area (TPSA) is 60.4 Å². The Hall–Kier alpha value is -1.14. The van der Waals surface area contributed by atoms with Gasteiger partial charge in [0, 0.05) is 6.42 Å². The zero-order valence-corrected chi connectivity index (χ0v) is 13.2. The van der Waals surface area contributed by atoms with Crippen molar-refractivity contribution < 1.29 is 53.1 Å². The van der Waals surface area contributed by atoms with Crippen LogP contribution >= 0.6 is 0 Å². The number of hydrogen-bond donors (Lipinski definition) is 0. The van der Waals surface area contributed by atoms with Crippen LogP contribution in [0.2, 0.25) is 0 Å². The van der Waals surface area contributed by atoms with Crippen molar-refractivity contribution in [3.8, 4) is 0 Å². The van der Waals surface area contributed by atoms with Gasteiger partial charge in [0.1, 0.15) is 0 Å². The molecule has 0 bridgehead atoms. The van der Waals surface area contributed by atoms with Crippen LogP contribution in [0.4, 0.5) is 35.1 Å². The molecule has 0 spiro atoms. The maximum absolute atomic E-state index is 12.9. The first kappa shape index (κ1) is 22.9. The van der Waals surface area contributed by atoms with Crippen LogP contribution in [-0.2, 0) is 19.4 Å². The number of ether oxygens (including phenoxy) is 1. The molecule has 0 aliphatic rings. The third-order valence-corrected chi connectivity index (χ3v) is 5.77. The van der Waals surface area contributed by atoms with Crippen molar-refractivity contribution in [1.29, 1.82) is 0 Å². The van der Waals surface area contributed by atoms with Crippen molar-refractivity contribution >= 4 is 15.8 Å². The van der Waals surface area contributed by atoms with Crippen LogP contribution in [0.3, 0.4) is 0 Å². The predicted molar refractivity (Wildman–Crippen MR) is 65.1 cm³/mol. The molecule has 0 radical (unpaired) electrons. The van der Waals surface area contributed by atoms with E-state index in [4.69, 9.17) is 0 Å². The highest BCUT2D eigenvalue weighted by atomic mass is 32.2. The van der Waals surface area contributed by atoms with Crippen LogP contribution in [0, 0.1) is 0 Å². The van der Waals surface area contributed by atoms with Gasteiger partial charge in [-0.25, -0.2) is 8.42 Å². The zero-order chi connectivity index (χ0) is 19.6. The highest BCUT2D eigenvalue weighted by Crippen LogP contribution is 2.41. The zero-order valence-electron chi connectivity index (χ0n) is 12.4. The molecule has 0 aromatic rings. The smallest absolute Gasteiger partial charge is 0.453 e. The van der Waals surface area contributed by atoms with Crippen molar-refractivity contribution in [2.45, 2.75) is 49.2 Å². The second-order valence-electron chi connectivity index (χ2n) is 5.11. The van der Waals surface area contributed by atoms with E-state index in [0.717, 1.165) is 0 Å². The summed E-state index contributed by atoms with van der Waals surface area (Å²) in [5, 5.41) is 0. The van der Waals surface area contributed by atoms with Gasteiger partial charge in [-0.3, -0.25) is 4.79 Å². The van der Waals surface area contributed by atoms with Crippen LogP contribution in [-0.4, -0.2) is 50.3 Å². The van der Waals surface area contributed by atoms with Crippen LogP contribution in [0.25, 0.3) is 0 Å². The summed E-state index contributed by atoms with van der Waals surface area (Å²) in [6.45, 7) is 0.455. The number of carbonyl (C=O) groups excluding carboxylic acids is 1. The number of methoxy groups -OCH3 is 1. The summed E-state index contributed by atoms with van der Waals surface area (Å²) in [6, 6.07) is 0. The van der Waals surface area contributed by atoms with E-state index in [1.165, 1.54) is 0 Å². The van der Waals surface area contributed by atoms with Gasteiger partial charge in [0.05, 0.1) is 19.3 Å². The molecule has 0 rings (SSSR count). The summed E-state index contributed by atoms with van der Waals surface area (Å²) in [6.07, 6.45) is -16.5. The average Bonchev–Trinajstić information content (AvgIpc) is 2.39. The summed E-state index contributed by atoms with van der Waals surface area (Å²) in [7, 11) is -4.40. The highest BCUT2D eigenvalue weighted by molar-refractivity contribution is 7.93. The average molecular weight is 394 g/mol. The second-order valence-corrected chi connectivity index (χ2v) is 7.65. The van der Waals surface area contributed by atoms with Gasteiger partial charge >= 0.3 is 24.2 Å². The number of carbonyl (C=O) groups is 1. The summed E-state index contributed by atoms with van der Waals surface area (Å²) < 4.78 is 124. The van der Waals surface area contributed by atoms with Crippen molar-refractivity contribution in [3.05, 3.63) is 0 Å². The molecule has 13 heteroatoms. The van der Waals surface area contributed by atoms with E-state index in [9.17, 15) is 48.3 Å². The molecule has 0 amide bonds. The Morgan fingerprint density at radius 2 is 1.38 bits per heavy atom. The Morgan fingerprint density at radius 1 is 0.917 bits per heavy atom. The Bertz CT molecular complexity index is 551. The fourth-order valence-electron chi connectivity index (χ4n) is 1.61. The molecule has 0 fully saturated rings. The van der Waals surface area contributed by atoms with Gasteiger partial charge < -0.3 is 4.74 Å². The third-order valence-electron chi connectivity index (χ3n) is 3.29. The quantitative estimate of drug-likeness (QED) is 0.491. The van der Waals surface area contributed by atoms with E-state index in [2.05, 4.69) is 4.74 Å². The molecular formula is C11H14F8O4S. The summed E-state index contributed by atoms with van der Waals surface area (Å²) in [5.74, 6) is -8.69. The molecule has 0 aliphatic heterocycles. The molecule has 4 nitrogen and oxygen atoms in total. The van der Waals surface area contributed by atoms with Gasteiger partial charge in [0.15, 0.2) is 14.6 Å². The fourth-order valence-corrected chi connectivity index (χ4v) is 3.31. The van der Waals surface area contributed by atoms with Gasteiger partial charge in [0.25, 0.3) is 0 Å². The predicted octanol–water partition coefficient (Wildman–Crippen LogP) is 3.26. The minimum atomic E-state index is -6.00. The maximum Gasteiger partial charge on any atom is 0.453 e. The van der Waals surface area contributed by atoms with Gasteiger partial charge in [-0.05, 0) is 13.3 Å². The van der Waals surface area contributed by atoms with Crippen LogP contribution in [0.1, 0.15) is 26.2 Å². The number of rotatable bonds is 7. The molecule has 0 aromatic heterocycles. The lowest BCUT2D eigenvalue weighted by atomic mass is 10.0. The molecule has 0 saturated carbocycles. The Kier molecular flexibility index (Phi) is 6.67. The first-order chi connectivity index (χ1) is 10.4. The first-order valence-electron chi connectivity index (χ1n) is 6.22. The number of halogens is 8. The highest BCUT2D eigenvalue weighted by Gasteiger charge is 2.59. The summed E-state index contributed by atoms with van der Waals surface area (Å²) in [4.78, 5) is 11.6. The Morgan fingerprint density at radius 3 is 1.71 bits per heavy atom. The molecule has 0 heterocycles. The Labute approximate surface area is 132 Å². The van der Waals surface area contributed by atoms with Crippen molar-refractivity contribution in [3.63, 3.8) is 0 Å². The normalized spacial score (nSPS) is 16.6. The van der Waals surface area contributed by atoms with E-state index < -0.39 is 63.8 Å². The molecule has 24 heavy (non-hydrogen) atoms. The largest absolute Gasteiger partial charge is 0.468 e. The third kappa shape index (κ3) is 5.45. The molecule has 0 saturated heterocycles. The van der Waals surface area contributed by atoms with Crippen LogP contribution in [0.5, 0.6) is 0 Å². The molecule has 0 aliphatic carbocycles. The number of esters is 1. The lowest BCUT2D eigenvalue weighted by molar-refractivity contribution is -0.285. The summed E-state index contributed by atoms with van der Waals surface area (Å²) >= 11 is 0. The number of sulfone groups is 1. The van der Waals surface area contributed by atoms with E-state index in [-0.39, 0.29) is 0 Å². The lowest BCUT2D eigenvalue weighted by Crippen LogP contribution is -2.48. The van der Waals surface area contributed by atoms with Crippen molar-refractivity contribution in [1.82, 2.24) is 0 Å². The van der Waals surface area contributed by atoms with E-state index in [1.807, 2.05) is 0 Å². The van der Waals surface area contributed by atoms with Gasteiger partial charge in [-0.15, -0.1) is 0 Å². The first-order valence-corrected chi connectivity index (χ1v) is 7.87. The fraction of sp³-hybridized carbons (Fsp3) is 0.909. The lowest BCUT2D eigenvalue weighted by Gasteiger charge is -2.29. The number of hydrogen-bond acceptors (Lipinski definition) is 4. The molecule has 0 aromatic carbocycles. The monoisotopic (exact) mass is 394 g/mol. The van der Waals surface area contributed by atoms with E-state index in [1.54, 1.807) is 0 Å². The molecule has 1 atom stereocenters. The van der Waals surface area contributed by atoms with Gasteiger partial charge in [0.2, 0.25) is 0 Å². The van der Waals surface area contributed by atoms with Crippen molar-refractivity contribution in [2.24, 2.45) is 0 Å².